The smallest absolute Gasteiger partial charge is 0.408 e. The number of nitrogens with one attached hydrogen (secondary N) is 1. The zero-order chi connectivity index (χ0) is 43.5. The number of aliphatic hydroxyl groups excluding tert-OH is 2. The minimum Gasteiger partial charge on any atom is -0.456 e. The summed E-state index contributed by atoms with van der Waals surface area (Å²) in [5.41, 5.74) is -8.01. The first-order valence-electron chi connectivity index (χ1n) is 19.5. The zero-order valence-corrected chi connectivity index (χ0v) is 34.4. The number of rotatable bonds is 9. The Labute approximate surface area is 342 Å². The molecule has 2 bridgehead atoms. The van der Waals surface area contributed by atoms with Gasteiger partial charge in [0.15, 0.2) is 17.5 Å². The lowest BCUT2D eigenvalue weighted by Crippen LogP contribution is -2.81. The third-order valence-electron chi connectivity index (χ3n) is 12.7. The number of ketones is 1. The molecule has 2 aromatic carbocycles. The van der Waals surface area contributed by atoms with E-state index in [1.165, 1.54) is 26.0 Å². The zero-order valence-electron chi connectivity index (χ0n) is 34.4. The van der Waals surface area contributed by atoms with Gasteiger partial charge >= 0.3 is 24.0 Å². The number of hydrogen-bond acceptors (Lipinski definition) is 15. The number of amides is 1. The van der Waals surface area contributed by atoms with Gasteiger partial charge in [-0.2, -0.15) is 0 Å². The van der Waals surface area contributed by atoms with Crippen LogP contribution < -0.4 is 11.2 Å². The summed E-state index contributed by atoms with van der Waals surface area (Å²) < 4.78 is 29.8. The Balaban J connectivity index is 1.50. The number of carbonyl (C=O) groups is 5. The summed E-state index contributed by atoms with van der Waals surface area (Å²) in [4.78, 5) is 74.6. The van der Waals surface area contributed by atoms with E-state index < -0.39 is 112 Å². The second kappa shape index (κ2) is 15.7. The highest BCUT2D eigenvalue weighted by molar-refractivity contribution is 5.94. The summed E-state index contributed by atoms with van der Waals surface area (Å²) in [6, 6.07) is 14.9. The van der Waals surface area contributed by atoms with Crippen LogP contribution in [0.25, 0.3) is 0 Å². The predicted molar refractivity (Wildman–Crippen MR) is 207 cm³/mol. The van der Waals surface area contributed by atoms with Gasteiger partial charge in [0.1, 0.15) is 35.6 Å². The van der Waals surface area contributed by atoms with Crippen LogP contribution in [0.15, 0.2) is 71.8 Å². The summed E-state index contributed by atoms with van der Waals surface area (Å²) in [6.07, 6.45) is -11.1. The first kappa shape index (κ1) is 43.9. The predicted octanol–water partition coefficient (Wildman–Crippen LogP) is 3.16. The van der Waals surface area contributed by atoms with Crippen LogP contribution in [0.1, 0.15) is 90.2 Å². The van der Waals surface area contributed by atoms with Crippen LogP contribution in [0.4, 0.5) is 4.79 Å². The van der Waals surface area contributed by atoms with E-state index in [-0.39, 0.29) is 29.7 Å². The Kier molecular flexibility index (Phi) is 11.7. The number of carbonyl (C=O) groups excluding carboxylic acids is 5. The number of Topliss-reactive ketones (excluding diaryl/α,β-unsaturated/α-hetero) is 1. The van der Waals surface area contributed by atoms with Crippen molar-refractivity contribution in [2.75, 3.05) is 6.61 Å². The minimum absolute atomic E-state index is 0.0492. The molecule has 2 saturated carbocycles. The van der Waals surface area contributed by atoms with Crippen molar-refractivity contribution in [2.45, 2.75) is 128 Å². The highest BCUT2D eigenvalue weighted by Crippen LogP contribution is 2.64. The lowest BCUT2D eigenvalue weighted by molar-refractivity contribution is -0.346. The van der Waals surface area contributed by atoms with E-state index in [0.29, 0.717) is 5.56 Å². The maximum absolute atomic E-state index is 15.0. The standard InChI is InChI=1S/C43H54N2O14/c1-22-26(55-37(51)32(59-44)30(24-15-11-9-12-16-24)45-38(52)58-39(3,4)5)20-43(53)35(56-36(50)25-17-13-10-14-18-25)33-41(8,34(49)31(48)29(22)40(43,6)7)27(47)19-28-42(33,21-54-28)57-23(2)46/h9-18,26-28,30-33,35,47-48,53H,19-21,44H2,1-8H3,(H,45,52)/t26-,27-,28+,30-,31+,32+,33-,35-,41+,42-,43+/m0/s1. The fraction of sp³-hybridized carbons (Fsp3) is 0.558. The highest BCUT2D eigenvalue weighted by atomic mass is 16.7. The first-order chi connectivity index (χ1) is 27.5. The van der Waals surface area contributed by atoms with E-state index >= 15 is 0 Å². The van der Waals surface area contributed by atoms with Crippen LogP contribution in [0.3, 0.4) is 0 Å². The van der Waals surface area contributed by atoms with Crippen molar-refractivity contribution in [3.63, 3.8) is 0 Å². The SMILES string of the molecule is CC(=O)O[C@@]12CO[C@@H]1C[C@H](O)[C@@]1(C)C(=O)[C@H](O)C3=C(C)[C@@H](OC(=O)[C@H](ON)[C@@H](NC(=O)OC(C)(C)C)c4ccccc4)C[C@@](O)([C@@H](OC(=O)c4ccccc4)[C@H]21)C3(C)C. The summed E-state index contributed by atoms with van der Waals surface area (Å²) in [7, 11) is 0. The van der Waals surface area contributed by atoms with E-state index in [1.54, 1.807) is 83.1 Å². The maximum Gasteiger partial charge on any atom is 0.408 e. The van der Waals surface area contributed by atoms with Crippen molar-refractivity contribution in [1.29, 1.82) is 0 Å². The van der Waals surface area contributed by atoms with Gasteiger partial charge in [0.25, 0.3) is 0 Å². The molecule has 0 spiro atoms. The average Bonchev–Trinajstić information content (AvgIpc) is 3.16. The molecular formula is C43H54N2O14. The molecule has 0 aromatic heterocycles. The molecule has 1 saturated heterocycles. The number of benzene rings is 2. The van der Waals surface area contributed by atoms with Crippen LogP contribution in [0.2, 0.25) is 0 Å². The molecule has 16 nitrogen and oxygen atoms in total. The molecule has 6 N–H and O–H groups in total. The van der Waals surface area contributed by atoms with Crippen molar-refractivity contribution in [3.05, 3.63) is 82.9 Å². The van der Waals surface area contributed by atoms with Gasteiger partial charge in [-0.1, -0.05) is 62.4 Å². The number of ether oxygens (including phenoxy) is 5. The monoisotopic (exact) mass is 822 g/mol. The molecule has 16 heteroatoms. The maximum atomic E-state index is 15.0. The summed E-state index contributed by atoms with van der Waals surface area (Å²) in [5, 5.41) is 40.2. The molecule has 2 aromatic rings. The van der Waals surface area contributed by atoms with Gasteiger partial charge in [-0.05, 0) is 63.5 Å². The summed E-state index contributed by atoms with van der Waals surface area (Å²) in [6.45, 7) is 11.9. The second-order valence-corrected chi connectivity index (χ2v) is 17.7. The molecule has 1 aliphatic heterocycles. The number of alkyl carbamates (subject to hydrolysis) is 1. The first-order valence-corrected chi connectivity index (χ1v) is 19.5. The van der Waals surface area contributed by atoms with Gasteiger partial charge in [0.05, 0.1) is 35.6 Å². The lowest BCUT2D eigenvalue weighted by Gasteiger charge is -2.67. The van der Waals surface area contributed by atoms with Crippen LogP contribution in [0.5, 0.6) is 0 Å². The number of esters is 3. The molecule has 11 atom stereocenters. The molecule has 4 aliphatic rings. The molecular weight excluding hydrogens is 768 g/mol. The topological polar surface area (TPSA) is 239 Å². The Morgan fingerprint density at radius 3 is 2.12 bits per heavy atom. The van der Waals surface area contributed by atoms with E-state index in [0.717, 1.165) is 6.92 Å². The molecule has 1 heterocycles. The summed E-state index contributed by atoms with van der Waals surface area (Å²) >= 11 is 0. The number of nitrogens with two attached hydrogens (primary N) is 1. The van der Waals surface area contributed by atoms with E-state index in [1.807, 2.05) is 0 Å². The fourth-order valence-electron chi connectivity index (χ4n) is 9.68. The van der Waals surface area contributed by atoms with Crippen molar-refractivity contribution in [2.24, 2.45) is 22.6 Å². The Morgan fingerprint density at radius 1 is 0.966 bits per heavy atom. The van der Waals surface area contributed by atoms with Gasteiger partial charge in [0.2, 0.25) is 0 Å². The van der Waals surface area contributed by atoms with Crippen LogP contribution in [-0.2, 0) is 42.9 Å². The van der Waals surface area contributed by atoms with Crippen molar-refractivity contribution in [3.8, 4) is 0 Å². The molecule has 320 valence electrons. The van der Waals surface area contributed by atoms with Crippen molar-refractivity contribution in [1.82, 2.24) is 5.32 Å². The minimum atomic E-state index is -2.35. The van der Waals surface area contributed by atoms with Gasteiger partial charge in [-0.15, -0.1) is 0 Å². The highest BCUT2D eigenvalue weighted by Gasteiger charge is 2.78. The molecule has 0 unspecified atom stereocenters. The third-order valence-corrected chi connectivity index (χ3v) is 12.7. The van der Waals surface area contributed by atoms with Gasteiger partial charge in [0, 0.05) is 25.2 Å². The quantitative estimate of drug-likeness (QED) is 0.106. The van der Waals surface area contributed by atoms with Crippen LogP contribution >= 0.6 is 0 Å². The molecule has 6 rings (SSSR count). The number of hydrogen-bond donors (Lipinski definition) is 5. The van der Waals surface area contributed by atoms with Crippen molar-refractivity contribution < 1.29 is 67.8 Å². The Morgan fingerprint density at radius 2 is 1.58 bits per heavy atom. The van der Waals surface area contributed by atoms with Crippen molar-refractivity contribution >= 4 is 29.8 Å². The van der Waals surface area contributed by atoms with E-state index in [9.17, 15) is 39.3 Å². The Hall–Kier alpha value is -4.71. The lowest BCUT2D eigenvalue weighted by atomic mass is 9.44. The fourth-order valence-corrected chi connectivity index (χ4v) is 9.68. The molecule has 3 aliphatic carbocycles. The largest absolute Gasteiger partial charge is 0.456 e. The van der Waals surface area contributed by atoms with Crippen LogP contribution in [0, 0.1) is 16.7 Å². The van der Waals surface area contributed by atoms with Gasteiger partial charge in [-0.3, -0.25) is 14.4 Å². The molecule has 1 amide bonds. The van der Waals surface area contributed by atoms with Gasteiger partial charge < -0.3 is 44.3 Å². The third kappa shape index (κ3) is 7.44. The normalized spacial score (nSPS) is 33.3. The number of aliphatic hydroxyl groups is 3. The molecule has 59 heavy (non-hydrogen) atoms. The summed E-state index contributed by atoms with van der Waals surface area (Å²) in [5.74, 6) is 0.540. The van der Waals surface area contributed by atoms with E-state index in [4.69, 9.17) is 34.4 Å². The van der Waals surface area contributed by atoms with Gasteiger partial charge in [-0.25, -0.2) is 20.3 Å². The number of fused-ring (bicyclic) bond motifs is 5. The molecule has 0 radical (unpaired) electrons. The molecule has 3 fully saturated rings. The second-order valence-electron chi connectivity index (χ2n) is 17.7. The van der Waals surface area contributed by atoms with E-state index in [2.05, 4.69) is 5.32 Å². The average molecular weight is 823 g/mol. The Bertz CT molecular complexity index is 2000. The van der Waals surface area contributed by atoms with Crippen LogP contribution in [-0.4, -0.2) is 105 Å².